The highest BCUT2D eigenvalue weighted by Gasteiger charge is 2.10. The second-order valence-corrected chi connectivity index (χ2v) is 4.81. The number of nitrogens with one attached hydrogen (secondary N) is 1. The molecule has 1 N–H and O–H groups in total. The van der Waals surface area contributed by atoms with E-state index in [2.05, 4.69) is 41.6 Å². The summed E-state index contributed by atoms with van der Waals surface area (Å²) < 4.78 is 4.02. The lowest BCUT2D eigenvalue weighted by molar-refractivity contribution is 0.566. The molecule has 0 aliphatic heterocycles. The third kappa shape index (κ3) is 3.04. The van der Waals surface area contributed by atoms with Crippen molar-refractivity contribution in [2.24, 2.45) is 0 Å². The molecule has 5 nitrogen and oxygen atoms in total. The zero-order valence-corrected chi connectivity index (χ0v) is 12.2. The molecule has 0 spiro atoms. The highest BCUT2D eigenvalue weighted by molar-refractivity contribution is 5.13. The lowest BCUT2D eigenvalue weighted by Crippen LogP contribution is -2.14. The van der Waals surface area contributed by atoms with Crippen LogP contribution in [-0.2, 0) is 13.1 Å². The minimum absolute atomic E-state index is 0.381. The molecule has 0 aromatic carbocycles. The van der Waals surface area contributed by atoms with Gasteiger partial charge in [-0.1, -0.05) is 6.92 Å². The molecule has 0 amide bonds. The van der Waals surface area contributed by atoms with Crippen LogP contribution in [0.25, 0.3) is 0 Å². The minimum Gasteiger partial charge on any atom is -0.313 e. The van der Waals surface area contributed by atoms with Gasteiger partial charge >= 0.3 is 0 Å². The lowest BCUT2D eigenvalue weighted by atomic mass is 10.1. The number of hydrogen-bond acceptors (Lipinski definition) is 3. The Morgan fingerprint density at radius 2 is 2.16 bits per heavy atom. The van der Waals surface area contributed by atoms with Gasteiger partial charge < -0.3 is 5.32 Å². The molecule has 0 saturated carbocycles. The van der Waals surface area contributed by atoms with Crippen LogP contribution >= 0.6 is 0 Å². The molecule has 1 unspecified atom stereocenters. The number of aryl methyl sites for hydroxylation is 2. The molecular formula is C14H23N5. The smallest absolute Gasteiger partial charge is 0.0828 e. The van der Waals surface area contributed by atoms with Crippen molar-refractivity contribution in [3.8, 4) is 0 Å². The van der Waals surface area contributed by atoms with Crippen LogP contribution in [-0.4, -0.2) is 26.6 Å². The predicted molar refractivity (Wildman–Crippen MR) is 76.1 cm³/mol. The van der Waals surface area contributed by atoms with Crippen molar-refractivity contribution in [2.45, 2.75) is 46.3 Å². The monoisotopic (exact) mass is 261 g/mol. The van der Waals surface area contributed by atoms with Gasteiger partial charge in [-0.2, -0.15) is 10.2 Å². The molecule has 2 aromatic heterocycles. The highest BCUT2D eigenvalue weighted by Crippen LogP contribution is 2.15. The van der Waals surface area contributed by atoms with Crippen molar-refractivity contribution >= 4 is 0 Å². The van der Waals surface area contributed by atoms with Gasteiger partial charge in [0.2, 0.25) is 0 Å². The van der Waals surface area contributed by atoms with Crippen LogP contribution in [0.4, 0.5) is 0 Å². The zero-order valence-electron chi connectivity index (χ0n) is 12.2. The maximum Gasteiger partial charge on any atom is 0.0828 e. The highest BCUT2D eigenvalue weighted by atomic mass is 15.3. The predicted octanol–water partition coefficient (Wildman–Crippen LogP) is 2.13. The largest absolute Gasteiger partial charge is 0.313 e. The van der Waals surface area contributed by atoms with Crippen molar-refractivity contribution < 1.29 is 0 Å². The molecule has 0 radical (unpaired) electrons. The molecule has 2 aromatic rings. The van der Waals surface area contributed by atoms with E-state index in [-0.39, 0.29) is 0 Å². The van der Waals surface area contributed by atoms with E-state index < -0.39 is 0 Å². The number of aromatic nitrogens is 4. The SMILES string of the molecule is CCC(NC)c1cnn(Cc2cc(C)nn2CC)c1. The van der Waals surface area contributed by atoms with E-state index in [4.69, 9.17) is 0 Å². The third-order valence-electron chi connectivity index (χ3n) is 3.42. The summed E-state index contributed by atoms with van der Waals surface area (Å²) in [7, 11) is 1.99. The molecule has 104 valence electrons. The normalized spacial score (nSPS) is 12.8. The molecule has 1 atom stereocenters. The van der Waals surface area contributed by atoms with Crippen molar-refractivity contribution in [3.63, 3.8) is 0 Å². The average molecular weight is 261 g/mol. The van der Waals surface area contributed by atoms with Gasteiger partial charge in [0.1, 0.15) is 0 Å². The molecule has 0 saturated heterocycles. The van der Waals surface area contributed by atoms with Crippen molar-refractivity contribution in [2.75, 3.05) is 7.05 Å². The number of rotatable bonds is 6. The van der Waals surface area contributed by atoms with Gasteiger partial charge in [-0.3, -0.25) is 9.36 Å². The molecule has 5 heteroatoms. The van der Waals surface area contributed by atoms with E-state index in [0.29, 0.717) is 6.04 Å². The second kappa shape index (κ2) is 6.02. The number of hydrogen-bond donors (Lipinski definition) is 1. The standard InChI is InChI=1S/C14H23N5/c1-5-14(15-4)12-8-16-18(9-12)10-13-7-11(3)17-19(13)6-2/h7-9,14-15H,5-6,10H2,1-4H3. The van der Waals surface area contributed by atoms with Gasteiger partial charge in [-0.15, -0.1) is 0 Å². The molecule has 0 aliphatic carbocycles. The Labute approximate surface area is 114 Å². The fourth-order valence-corrected chi connectivity index (χ4v) is 2.42. The minimum atomic E-state index is 0.381. The van der Waals surface area contributed by atoms with E-state index >= 15 is 0 Å². The molecule has 2 heterocycles. The van der Waals surface area contributed by atoms with Crippen LogP contribution in [0.1, 0.15) is 43.3 Å². The first-order chi connectivity index (χ1) is 9.17. The topological polar surface area (TPSA) is 47.7 Å². The number of nitrogens with zero attached hydrogens (tertiary/aromatic N) is 4. The molecule has 0 fully saturated rings. The fourth-order valence-electron chi connectivity index (χ4n) is 2.42. The Morgan fingerprint density at radius 1 is 1.37 bits per heavy atom. The van der Waals surface area contributed by atoms with E-state index in [0.717, 1.165) is 25.2 Å². The van der Waals surface area contributed by atoms with E-state index in [9.17, 15) is 0 Å². The average Bonchev–Trinajstić information content (AvgIpc) is 2.98. The van der Waals surface area contributed by atoms with Gasteiger partial charge in [-0.25, -0.2) is 0 Å². The molecule has 19 heavy (non-hydrogen) atoms. The molecular weight excluding hydrogens is 238 g/mol. The van der Waals surface area contributed by atoms with Crippen LogP contribution in [0.5, 0.6) is 0 Å². The van der Waals surface area contributed by atoms with Crippen LogP contribution in [0, 0.1) is 6.92 Å². The maximum atomic E-state index is 4.46. The fraction of sp³-hybridized carbons (Fsp3) is 0.571. The summed E-state index contributed by atoms with van der Waals surface area (Å²) in [6.45, 7) is 7.98. The van der Waals surface area contributed by atoms with Gasteiger partial charge in [0.15, 0.2) is 0 Å². The van der Waals surface area contributed by atoms with Crippen LogP contribution in [0.3, 0.4) is 0 Å². The molecule has 2 rings (SSSR count). The van der Waals surface area contributed by atoms with E-state index in [1.165, 1.54) is 11.3 Å². The summed E-state index contributed by atoms with van der Waals surface area (Å²) in [5, 5.41) is 12.2. The Balaban J connectivity index is 2.15. The van der Waals surface area contributed by atoms with Crippen LogP contribution in [0.15, 0.2) is 18.5 Å². The van der Waals surface area contributed by atoms with Gasteiger partial charge in [0.25, 0.3) is 0 Å². The summed E-state index contributed by atoms with van der Waals surface area (Å²) in [4.78, 5) is 0. The third-order valence-corrected chi connectivity index (χ3v) is 3.42. The summed E-state index contributed by atoms with van der Waals surface area (Å²) >= 11 is 0. The molecule has 0 bridgehead atoms. The first kappa shape index (κ1) is 13.8. The van der Waals surface area contributed by atoms with Gasteiger partial charge in [0.05, 0.1) is 24.1 Å². The van der Waals surface area contributed by atoms with Gasteiger partial charge in [0, 0.05) is 24.3 Å². The first-order valence-electron chi connectivity index (χ1n) is 6.90. The van der Waals surface area contributed by atoms with Crippen molar-refractivity contribution in [1.29, 1.82) is 0 Å². The Hall–Kier alpha value is -1.62. The quantitative estimate of drug-likeness (QED) is 0.866. The van der Waals surface area contributed by atoms with Crippen LogP contribution in [0.2, 0.25) is 0 Å². The molecule has 0 aliphatic rings. The Morgan fingerprint density at radius 3 is 2.79 bits per heavy atom. The van der Waals surface area contributed by atoms with E-state index in [1.807, 2.05) is 29.5 Å². The summed E-state index contributed by atoms with van der Waals surface area (Å²) in [5.74, 6) is 0. The van der Waals surface area contributed by atoms with Crippen LogP contribution < -0.4 is 5.32 Å². The first-order valence-corrected chi connectivity index (χ1v) is 6.90. The lowest BCUT2D eigenvalue weighted by Gasteiger charge is -2.10. The summed E-state index contributed by atoms with van der Waals surface area (Å²) in [5.41, 5.74) is 3.50. The summed E-state index contributed by atoms with van der Waals surface area (Å²) in [6.07, 6.45) is 5.13. The second-order valence-electron chi connectivity index (χ2n) is 4.81. The zero-order chi connectivity index (χ0) is 13.8. The van der Waals surface area contributed by atoms with Gasteiger partial charge in [-0.05, 0) is 33.4 Å². The summed E-state index contributed by atoms with van der Waals surface area (Å²) in [6, 6.07) is 2.51. The van der Waals surface area contributed by atoms with Crippen molar-refractivity contribution in [3.05, 3.63) is 35.4 Å². The maximum absolute atomic E-state index is 4.46. The van der Waals surface area contributed by atoms with Crippen molar-refractivity contribution in [1.82, 2.24) is 24.9 Å². The Bertz CT molecular complexity index is 522. The Kier molecular flexibility index (Phi) is 4.37. The van der Waals surface area contributed by atoms with E-state index in [1.54, 1.807) is 0 Å².